The van der Waals surface area contributed by atoms with Gasteiger partial charge in [-0.15, -0.1) is 0 Å². The first-order chi connectivity index (χ1) is 14.1. The molecule has 1 amide bonds. The maximum Gasteiger partial charge on any atom is 0.244 e. The molecule has 2 aliphatic rings. The smallest absolute Gasteiger partial charge is 0.244 e. The fourth-order valence-electron chi connectivity index (χ4n) is 4.40. The third-order valence-corrected chi connectivity index (χ3v) is 6.17. The van der Waals surface area contributed by atoms with Crippen LogP contribution in [-0.2, 0) is 9.53 Å². The molecule has 1 heterocycles. The summed E-state index contributed by atoms with van der Waals surface area (Å²) in [5, 5.41) is 8.97. The van der Waals surface area contributed by atoms with Gasteiger partial charge >= 0.3 is 0 Å². The highest BCUT2D eigenvalue weighted by Crippen LogP contribution is 2.26. The minimum Gasteiger partial charge on any atom is -0.375 e. The van der Waals surface area contributed by atoms with Gasteiger partial charge in [0.2, 0.25) is 5.91 Å². The van der Waals surface area contributed by atoms with E-state index in [0.29, 0.717) is 24.4 Å². The van der Waals surface area contributed by atoms with Gasteiger partial charge in [-0.1, -0.05) is 19.3 Å². The van der Waals surface area contributed by atoms with E-state index in [9.17, 15) is 9.18 Å². The summed E-state index contributed by atoms with van der Waals surface area (Å²) in [6.45, 7) is 3.90. The molecule has 0 bridgehead atoms. The first-order valence-corrected chi connectivity index (χ1v) is 10.9. The Morgan fingerprint density at radius 3 is 2.41 bits per heavy atom. The van der Waals surface area contributed by atoms with Crippen molar-refractivity contribution in [2.45, 2.75) is 76.5 Å². The summed E-state index contributed by atoms with van der Waals surface area (Å²) in [5.74, 6) is -0.381. The van der Waals surface area contributed by atoms with Gasteiger partial charge in [0, 0.05) is 25.3 Å². The molecule has 3 rings (SSSR count). The van der Waals surface area contributed by atoms with Gasteiger partial charge in [-0.05, 0) is 56.9 Å². The van der Waals surface area contributed by atoms with E-state index in [4.69, 9.17) is 10.00 Å². The molecular weight excluding hydrogens is 369 g/mol. The number of likely N-dealkylation sites (tertiary alicyclic amines) is 1. The zero-order valence-electron chi connectivity index (χ0n) is 17.4. The predicted molar refractivity (Wildman–Crippen MR) is 111 cm³/mol. The van der Waals surface area contributed by atoms with Crippen molar-refractivity contribution in [1.82, 2.24) is 4.90 Å². The number of nitriles is 1. The fourth-order valence-corrected chi connectivity index (χ4v) is 4.40. The van der Waals surface area contributed by atoms with Crippen LogP contribution in [0.5, 0.6) is 0 Å². The van der Waals surface area contributed by atoms with Crippen LogP contribution in [0.2, 0.25) is 0 Å². The topological polar surface area (TPSA) is 56.6 Å². The summed E-state index contributed by atoms with van der Waals surface area (Å²) in [7, 11) is 0. The molecule has 29 heavy (non-hydrogen) atoms. The third-order valence-electron chi connectivity index (χ3n) is 6.17. The number of amides is 1. The number of hydrogen-bond donors (Lipinski definition) is 0. The summed E-state index contributed by atoms with van der Waals surface area (Å²) in [6.07, 6.45) is 9.09. The van der Waals surface area contributed by atoms with Crippen molar-refractivity contribution >= 4 is 11.6 Å². The number of nitrogens with zero attached hydrogens (tertiary/aromatic N) is 3. The summed E-state index contributed by atoms with van der Waals surface area (Å²) < 4.78 is 19.6. The quantitative estimate of drug-likeness (QED) is 0.684. The molecule has 1 aliphatic heterocycles. The summed E-state index contributed by atoms with van der Waals surface area (Å²) in [6, 6.07) is 7.71. The number of piperidine rings is 1. The zero-order valence-corrected chi connectivity index (χ0v) is 17.4. The van der Waals surface area contributed by atoms with E-state index < -0.39 is 0 Å². The average molecular weight is 402 g/mol. The SMILES string of the molecule is CC(C(=O)N(CCC#N)c1ccc(F)cc1)N1CCC(OC2CCCCC2)CC1. The molecule has 158 valence electrons. The maximum atomic E-state index is 13.3. The third kappa shape index (κ3) is 6.01. The van der Waals surface area contributed by atoms with Gasteiger partial charge in [-0.2, -0.15) is 5.26 Å². The predicted octanol–water partition coefficient (Wildman–Crippen LogP) is 4.27. The number of ether oxygens (including phenoxy) is 1. The Morgan fingerprint density at radius 1 is 1.17 bits per heavy atom. The molecule has 5 nitrogen and oxygen atoms in total. The minimum atomic E-state index is -0.338. The molecule has 0 aromatic heterocycles. The molecule has 1 aromatic rings. The lowest BCUT2D eigenvalue weighted by atomic mass is 9.97. The highest BCUT2D eigenvalue weighted by molar-refractivity contribution is 5.97. The Balaban J connectivity index is 1.56. The van der Waals surface area contributed by atoms with Crippen LogP contribution < -0.4 is 4.90 Å². The number of carbonyl (C=O) groups is 1. The van der Waals surface area contributed by atoms with Gasteiger partial charge in [-0.3, -0.25) is 9.69 Å². The van der Waals surface area contributed by atoms with Gasteiger partial charge in [0.15, 0.2) is 0 Å². The molecule has 0 spiro atoms. The molecule has 1 aromatic carbocycles. The van der Waals surface area contributed by atoms with Gasteiger partial charge in [-0.25, -0.2) is 4.39 Å². The highest BCUT2D eigenvalue weighted by Gasteiger charge is 2.31. The fraction of sp³-hybridized carbons (Fsp3) is 0.652. The second kappa shape index (κ2) is 10.7. The molecule has 1 unspecified atom stereocenters. The Hall–Kier alpha value is -1.97. The summed E-state index contributed by atoms with van der Waals surface area (Å²) in [5.41, 5.74) is 0.633. The van der Waals surface area contributed by atoms with E-state index in [0.717, 1.165) is 25.9 Å². The van der Waals surface area contributed by atoms with Crippen molar-refractivity contribution in [3.05, 3.63) is 30.1 Å². The van der Waals surface area contributed by atoms with Crippen molar-refractivity contribution in [3.8, 4) is 6.07 Å². The van der Waals surface area contributed by atoms with E-state index in [-0.39, 0.29) is 24.2 Å². The van der Waals surface area contributed by atoms with Crippen LogP contribution in [0.15, 0.2) is 24.3 Å². The van der Waals surface area contributed by atoms with Gasteiger partial charge < -0.3 is 9.64 Å². The van der Waals surface area contributed by atoms with Gasteiger partial charge in [0.05, 0.1) is 30.7 Å². The second-order valence-electron chi connectivity index (χ2n) is 8.18. The van der Waals surface area contributed by atoms with Crippen molar-refractivity contribution in [2.75, 3.05) is 24.5 Å². The molecule has 0 N–H and O–H groups in total. The molecular formula is C23H32FN3O2. The van der Waals surface area contributed by atoms with Crippen molar-refractivity contribution < 1.29 is 13.9 Å². The lowest BCUT2D eigenvalue weighted by Crippen LogP contribution is -2.51. The van der Waals surface area contributed by atoms with E-state index in [1.54, 1.807) is 17.0 Å². The van der Waals surface area contributed by atoms with Crippen LogP contribution >= 0.6 is 0 Å². The number of carbonyl (C=O) groups excluding carboxylic acids is 1. The van der Waals surface area contributed by atoms with Crippen LogP contribution in [0.25, 0.3) is 0 Å². The lowest BCUT2D eigenvalue weighted by molar-refractivity contribution is -0.125. The first kappa shape index (κ1) is 21.7. The number of hydrogen-bond acceptors (Lipinski definition) is 4. The van der Waals surface area contributed by atoms with Gasteiger partial charge in [0.25, 0.3) is 0 Å². The highest BCUT2D eigenvalue weighted by atomic mass is 19.1. The summed E-state index contributed by atoms with van der Waals surface area (Å²) in [4.78, 5) is 17.0. The first-order valence-electron chi connectivity index (χ1n) is 10.9. The Kier molecular flexibility index (Phi) is 8.02. The molecule has 6 heteroatoms. The van der Waals surface area contributed by atoms with E-state index in [1.807, 2.05) is 6.92 Å². The average Bonchev–Trinajstić information content (AvgIpc) is 2.76. The largest absolute Gasteiger partial charge is 0.375 e. The number of anilines is 1. The Bertz CT molecular complexity index is 689. The van der Waals surface area contributed by atoms with Crippen LogP contribution in [-0.4, -0.2) is 48.7 Å². The normalized spacial score (nSPS) is 20.2. The van der Waals surface area contributed by atoms with E-state index >= 15 is 0 Å². The maximum absolute atomic E-state index is 13.3. The Labute approximate surface area is 173 Å². The summed E-state index contributed by atoms with van der Waals surface area (Å²) >= 11 is 0. The van der Waals surface area contributed by atoms with Crippen molar-refractivity contribution in [1.29, 1.82) is 5.26 Å². The number of halogens is 1. The van der Waals surface area contributed by atoms with Crippen molar-refractivity contribution in [3.63, 3.8) is 0 Å². The Morgan fingerprint density at radius 2 is 1.79 bits per heavy atom. The molecule has 1 aliphatic carbocycles. The van der Waals surface area contributed by atoms with E-state index in [1.165, 1.54) is 44.2 Å². The number of rotatable bonds is 7. The zero-order chi connectivity index (χ0) is 20.6. The molecule has 1 saturated carbocycles. The van der Waals surface area contributed by atoms with Gasteiger partial charge in [0.1, 0.15) is 5.82 Å². The van der Waals surface area contributed by atoms with E-state index in [2.05, 4.69) is 11.0 Å². The van der Waals surface area contributed by atoms with Crippen LogP contribution in [0.4, 0.5) is 10.1 Å². The van der Waals surface area contributed by atoms with Crippen LogP contribution in [0.1, 0.15) is 58.3 Å². The lowest BCUT2D eigenvalue weighted by Gasteiger charge is -2.38. The second-order valence-corrected chi connectivity index (χ2v) is 8.18. The van der Waals surface area contributed by atoms with Crippen molar-refractivity contribution in [2.24, 2.45) is 0 Å². The van der Waals surface area contributed by atoms with Crippen LogP contribution in [0, 0.1) is 17.1 Å². The number of benzene rings is 1. The molecule has 2 fully saturated rings. The molecule has 0 radical (unpaired) electrons. The molecule has 1 atom stereocenters. The minimum absolute atomic E-state index is 0.0430. The standard InChI is InChI=1S/C23H32FN3O2/c1-18(23(28)27(15-5-14-25)20-10-8-19(24)9-11-20)26-16-12-22(13-17-26)29-21-6-3-2-4-7-21/h8-11,18,21-22H,2-7,12-13,15-17H2,1H3. The molecule has 1 saturated heterocycles. The monoisotopic (exact) mass is 401 g/mol. The van der Waals surface area contributed by atoms with Crippen LogP contribution in [0.3, 0.4) is 0 Å².